The Morgan fingerprint density at radius 2 is 1.89 bits per heavy atom. The van der Waals surface area contributed by atoms with Crippen LogP contribution in [-0.4, -0.2) is 16.1 Å². The molecule has 134 valence electrons. The van der Waals surface area contributed by atoms with Gasteiger partial charge in [-0.3, -0.25) is 9.69 Å². The van der Waals surface area contributed by atoms with Crippen molar-refractivity contribution >= 4 is 51.1 Å². The third-order valence-corrected chi connectivity index (χ3v) is 5.78. The van der Waals surface area contributed by atoms with E-state index in [9.17, 15) is 4.79 Å². The molecule has 4 rings (SSSR count). The lowest BCUT2D eigenvalue weighted by atomic mass is 10.1. The first kappa shape index (κ1) is 17.7. The zero-order chi connectivity index (χ0) is 18.8. The Bertz CT molecular complexity index is 1050. The number of aryl methyl sites for hydroxylation is 2. The third-order valence-electron chi connectivity index (χ3n) is 3.96. The molecule has 0 unspecified atom stereocenters. The SMILES string of the molecule is Cc1cccc(/C=C2\S/C(=N/c3nc(C)cs3)N(c3ccccc3)C2=O)c1. The second kappa shape index (κ2) is 7.50. The Morgan fingerprint density at radius 3 is 2.59 bits per heavy atom. The Hall–Kier alpha value is -2.70. The van der Waals surface area contributed by atoms with Crippen LogP contribution in [-0.2, 0) is 4.79 Å². The van der Waals surface area contributed by atoms with Gasteiger partial charge in [0.15, 0.2) is 5.17 Å². The standard InChI is InChI=1S/C21H17N3OS2/c1-14-7-6-8-16(11-14)12-18-19(25)24(17-9-4-3-5-10-17)21(27-18)23-20-22-15(2)13-26-20/h3-13H,1-2H3/b18-12-,23-21+. The van der Waals surface area contributed by atoms with Crippen molar-refractivity contribution in [3.8, 4) is 0 Å². The van der Waals surface area contributed by atoms with E-state index >= 15 is 0 Å². The molecule has 0 N–H and O–H groups in total. The van der Waals surface area contributed by atoms with Crippen LogP contribution in [0.5, 0.6) is 0 Å². The number of carbonyl (C=O) groups excluding carboxylic acids is 1. The number of rotatable bonds is 3. The van der Waals surface area contributed by atoms with Gasteiger partial charge in [-0.2, -0.15) is 4.99 Å². The number of aliphatic imine (C=N–C) groups is 1. The van der Waals surface area contributed by atoms with Gasteiger partial charge < -0.3 is 0 Å². The summed E-state index contributed by atoms with van der Waals surface area (Å²) < 4.78 is 0. The summed E-state index contributed by atoms with van der Waals surface area (Å²) in [6.45, 7) is 3.98. The summed E-state index contributed by atoms with van der Waals surface area (Å²) in [5.74, 6) is -0.0697. The van der Waals surface area contributed by atoms with E-state index in [4.69, 9.17) is 0 Å². The summed E-state index contributed by atoms with van der Waals surface area (Å²) in [7, 11) is 0. The number of nitrogens with zero attached hydrogens (tertiary/aromatic N) is 3. The molecule has 1 aliphatic rings. The van der Waals surface area contributed by atoms with E-state index in [-0.39, 0.29) is 5.91 Å². The number of thiazole rings is 1. The molecule has 2 heterocycles. The van der Waals surface area contributed by atoms with Gasteiger partial charge >= 0.3 is 0 Å². The number of hydrogen-bond donors (Lipinski definition) is 0. The van der Waals surface area contributed by atoms with Gasteiger partial charge in [0.1, 0.15) is 0 Å². The molecule has 6 heteroatoms. The van der Waals surface area contributed by atoms with E-state index in [1.807, 2.05) is 73.8 Å². The van der Waals surface area contributed by atoms with Crippen molar-refractivity contribution < 1.29 is 4.79 Å². The monoisotopic (exact) mass is 391 g/mol. The first-order valence-corrected chi connectivity index (χ1v) is 10.2. The second-order valence-corrected chi connectivity index (χ2v) is 8.01. The lowest BCUT2D eigenvalue weighted by Gasteiger charge is -2.14. The topological polar surface area (TPSA) is 45.6 Å². The summed E-state index contributed by atoms with van der Waals surface area (Å²) in [6.07, 6.45) is 1.92. The molecule has 0 bridgehead atoms. The minimum absolute atomic E-state index is 0.0697. The highest BCUT2D eigenvalue weighted by atomic mass is 32.2. The molecule has 2 aromatic carbocycles. The van der Waals surface area contributed by atoms with Gasteiger partial charge in [-0.25, -0.2) is 4.98 Å². The molecule has 0 saturated carbocycles. The molecule has 1 saturated heterocycles. The van der Waals surface area contributed by atoms with E-state index in [0.717, 1.165) is 22.5 Å². The Balaban J connectivity index is 1.77. The molecule has 0 spiro atoms. The van der Waals surface area contributed by atoms with Crippen LogP contribution in [0, 0.1) is 13.8 Å². The first-order valence-electron chi connectivity index (χ1n) is 8.47. The number of amides is 1. The van der Waals surface area contributed by atoms with Gasteiger partial charge in [0, 0.05) is 5.38 Å². The predicted molar refractivity (Wildman–Crippen MR) is 115 cm³/mol. The van der Waals surface area contributed by atoms with Crippen LogP contribution >= 0.6 is 23.1 Å². The molecule has 0 radical (unpaired) electrons. The van der Waals surface area contributed by atoms with Gasteiger partial charge in [0.05, 0.1) is 16.3 Å². The molecule has 1 aliphatic heterocycles. The van der Waals surface area contributed by atoms with Crippen LogP contribution in [0.1, 0.15) is 16.8 Å². The molecule has 0 aliphatic carbocycles. The highest BCUT2D eigenvalue weighted by Gasteiger charge is 2.34. The van der Waals surface area contributed by atoms with Gasteiger partial charge in [0.25, 0.3) is 5.91 Å². The summed E-state index contributed by atoms with van der Waals surface area (Å²) in [6, 6.07) is 17.7. The number of hydrogen-bond acceptors (Lipinski definition) is 5. The zero-order valence-electron chi connectivity index (χ0n) is 14.9. The van der Waals surface area contributed by atoms with Crippen LogP contribution in [0.4, 0.5) is 10.8 Å². The number of anilines is 1. The highest BCUT2D eigenvalue weighted by molar-refractivity contribution is 8.19. The summed E-state index contributed by atoms with van der Waals surface area (Å²) in [5.41, 5.74) is 3.89. The quantitative estimate of drug-likeness (QED) is 0.549. The average Bonchev–Trinajstić information content (AvgIpc) is 3.19. The Labute approximate surface area is 166 Å². The van der Waals surface area contributed by atoms with Crippen LogP contribution < -0.4 is 4.90 Å². The second-order valence-electron chi connectivity index (χ2n) is 6.17. The number of benzene rings is 2. The molecular formula is C21H17N3OS2. The zero-order valence-corrected chi connectivity index (χ0v) is 16.6. The molecule has 27 heavy (non-hydrogen) atoms. The molecular weight excluding hydrogens is 374 g/mol. The molecule has 1 fully saturated rings. The molecule has 3 aromatic rings. The fourth-order valence-corrected chi connectivity index (χ4v) is 4.44. The van der Waals surface area contributed by atoms with E-state index in [1.165, 1.54) is 23.1 Å². The number of aromatic nitrogens is 1. The first-order chi connectivity index (χ1) is 13.1. The minimum atomic E-state index is -0.0697. The van der Waals surface area contributed by atoms with Gasteiger partial charge in [0.2, 0.25) is 5.13 Å². The highest BCUT2D eigenvalue weighted by Crippen LogP contribution is 2.37. The van der Waals surface area contributed by atoms with E-state index in [1.54, 1.807) is 4.90 Å². The largest absolute Gasteiger partial charge is 0.271 e. The number of para-hydroxylation sites is 1. The Kier molecular flexibility index (Phi) is 4.92. The van der Waals surface area contributed by atoms with Gasteiger partial charge in [-0.15, -0.1) is 11.3 Å². The number of carbonyl (C=O) groups is 1. The summed E-state index contributed by atoms with van der Waals surface area (Å²) in [4.78, 5) is 24.5. The Morgan fingerprint density at radius 1 is 1.07 bits per heavy atom. The third kappa shape index (κ3) is 3.86. The number of thioether (sulfide) groups is 1. The van der Waals surface area contributed by atoms with Crippen LogP contribution in [0.3, 0.4) is 0 Å². The fraction of sp³-hybridized carbons (Fsp3) is 0.0952. The van der Waals surface area contributed by atoms with Crippen LogP contribution in [0.15, 0.2) is 69.9 Å². The van der Waals surface area contributed by atoms with Gasteiger partial charge in [-0.05, 0) is 49.4 Å². The van der Waals surface area contributed by atoms with E-state index in [2.05, 4.69) is 16.0 Å². The van der Waals surface area contributed by atoms with Crippen molar-refractivity contribution in [2.45, 2.75) is 13.8 Å². The van der Waals surface area contributed by atoms with E-state index in [0.29, 0.717) is 15.2 Å². The molecule has 0 atom stereocenters. The van der Waals surface area contributed by atoms with Crippen molar-refractivity contribution in [3.63, 3.8) is 0 Å². The van der Waals surface area contributed by atoms with Crippen molar-refractivity contribution in [1.82, 2.24) is 4.98 Å². The maximum atomic E-state index is 13.1. The smallest absolute Gasteiger partial charge is 0.268 e. The maximum absolute atomic E-state index is 13.1. The summed E-state index contributed by atoms with van der Waals surface area (Å²) >= 11 is 2.85. The van der Waals surface area contributed by atoms with Crippen molar-refractivity contribution in [2.75, 3.05) is 4.90 Å². The van der Waals surface area contributed by atoms with Crippen LogP contribution in [0.25, 0.3) is 6.08 Å². The van der Waals surface area contributed by atoms with Gasteiger partial charge in [-0.1, -0.05) is 48.0 Å². The van der Waals surface area contributed by atoms with E-state index < -0.39 is 0 Å². The van der Waals surface area contributed by atoms with Crippen molar-refractivity contribution in [3.05, 3.63) is 81.7 Å². The molecule has 1 amide bonds. The maximum Gasteiger partial charge on any atom is 0.271 e. The summed E-state index contributed by atoms with van der Waals surface area (Å²) in [5, 5.41) is 3.23. The molecule has 4 nitrogen and oxygen atoms in total. The van der Waals surface area contributed by atoms with Crippen LogP contribution in [0.2, 0.25) is 0 Å². The van der Waals surface area contributed by atoms with Crippen molar-refractivity contribution in [2.24, 2.45) is 4.99 Å². The predicted octanol–water partition coefficient (Wildman–Crippen LogP) is 5.57. The normalized spacial score (nSPS) is 17.3. The van der Waals surface area contributed by atoms with Crippen molar-refractivity contribution in [1.29, 1.82) is 0 Å². The lowest BCUT2D eigenvalue weighted by molar-refractivity contribution is -0.113. The number of amidine groups is 1. The molecule has 1 aromatic heterocycles. The fourth-order valence-electron chi connectivity index (χ4n) is 2.74. The lowest BCUT2D eigenvalue weighted by Crippen LogP contribution is -2.28. The average molecular weight is 392 g/mol. The minimum Gasteiger partial charge on any atom is -0.268 e.